The molecule has 0 spiro atoms. The van der Waals surface area contributed by atoms with Crippen molar-refractivity contribution < 1.29 is 4.79 Å². The van der Waals surface area contributed by atoms with Gasteiger partial charge in [-0.05, 0) is 36.8 Å². The summed E-state index contributed by atoms with van der Waals surface area (Å²) in [4.78, 5) is 15.2. The topological polar surface area (TPSA) is 102 Å². The molecule has 1 N–H and O–H groups in total. The molecule has 1 aromatic rings. The van der Waals surface area contributed by atoms with Crippen molar-refractivity contribution in [3.05, 3.63) is 26.4 Å². The summed E-state index contributed by atoms with van der Waals surface area (Å²) in [6.45, 7) is -0.246. The van der Waals surface area contributed by atoms with Gasteiger partial charge in [-0.3, -0.25) is 4.79 Å². The number of carbonyl (C=O) groups is 1. The van der Waals surface area contributed by atoms with Crippen LogP contribution in [0.15, 0.2) is 5.11 Å². The zero-order valence-corrected chi connectivity index (χ0v) is 10.5. The summed E-state index contributed by atoms with van der Waals surface area (Å²) >= 11 is 1.46. The van der Waals surface area contributed by atoms with Crippen LogP contribution in [0.5, 0.6) is 0 Å². The smallest absolute Gasteiger partial charge is 0.230 e. The van der Waals surface area contributed by atoms with Crippen molar-refractivity contribution in [3.8, 4) is 6.07 Å². The zero-order chi connectivity index (χ0) is 13.0. The average molecular weight is 261 g/mol. The van der Waals surface area contributed by atoms with Gasteiger partial charge in [0, 0.05) is 9.79 Å². The van der Waals surface area contributed by atoms with Crippen molar-refractivity contribution in [1.82, 2.24) is 0 Å². The maximum absolute atomic E-state index is 11.5. The van der Waals surface area contributed by atoms with Gasteiger partial charge in [0.15, 0.2) is 0 Å². The van der Waals surface area contributed by atoms with Gasteiger partial charge in [0.25, 0.3) is 0 Å². The largest absolute Gasteiger partial charge is 0.316 e. The molecule has 2 rings (SSSR count). The molecule has 0 aliphatic heterocycles. The maximum atomic E-state index is 11.5. The van der Waals surface area contributed by atoms with Gasteiger partial charge in [-0.25, -0.2) is 0 Å². The molecule has 0 unspecified atom stereocenters. The molecule has 0 fully saturated rings. The Bertz CT molecular complexity index is 565. The summed E-state index contributed by atoms with van der Waals surface area (Å²) in [7, 11) is 0. The van der Waals surface area contributed by atoms with E-state index in [0.29, 0.717) is 10.6 Å². The number of rotatable bonds is 3. The first-order chi connectivity index (χ1) is 8.76. The fourth-order valence-electron chi connectivity index (χ4n) is 2.03. The number of fused-ring (bicyclic) bond motifs is 1. The highest BCUT2D eigenvalue weighted by atomic mass is 32.1. The van der Waals surface area contributed by atoms with E-state index in [-0.39, 0.29) is 12.5 Å². The molecule has 0 aromatic carbocycles. The predicted molar refractivity (Wildman–Crippen MR) is 68.3 cm³/mol. The van der Waals surface area contributed by atoms with Gasteiger partial charge < -0.3 is 5.32 Å². The molecule has 1 amide bonds. The van der Waals surface area contributed by atoms with E-state index in [1.54, 1.807) is 0 Å². The third kappa shape index (κ3) is 2.45. The molecule has 1 heterocycles. The fourth-order valence-corrected chi connectivity index (χ4v) is 3.29. The van der Waals surface area contributed by atoms with E-state index in [0.717, 1.165) is 31.2 Å². The van der Waals surface area contributed by atoms with Crippen molar-refractivity contribution in [2.75, 3.05) is 11.9 Å². The second kappa shape index (κ2) is 5.54. The molecule has 7 heteroatoms. The Balaban J connectivity index is 2.23. The fraction of sp³-hybridized carbons (Fsp3) is 0.455. The molecule has 0 radical (unpaired) electrons. The van der Waals surface area contributed by atoms with Crippen LogP contribution in [0.3, 0.4) is 0 Å². The number of hydrogen-bond acceptors (Lipinski definition) is 4. The number of azide groups is 1. The number of hydrogen-bond donors (Lipinski definition) is 1. The molecular weight excluding hydrogens is 250 g/mol. The number of aryl methyl sites for hydroxylation is 1. The lowest BCUT2D eigenvalue weighted by atomic mass is 9.96. The number of amides is 1. The van der Waals surface area contributed by atoms with Gasteiger partial charge >= 0.3 is 0 Å². The van der Waals surface area contributed by atoms with Gasteiger partial charge in [0.05, 0.1) is 5.56 Å². The Kier molecular flexibility index (Phi) is 3.82. The predicted octanol–water partition coefficient (Wildman–Crippen LogP) is 2.75. The Morgan fingerprint density at radius 2 is 2.33 bits per heavy atom. The quantitative estimate of drug-likeness (QED) is 0.513. The Morgan fingerprint density at radius 1 is 1.56 bits per heavy atom. The van der Waals surface area contributed by atoms with E-state index in [1.165, 1.54) is 16.2 Å². The molecule has 1 aliphatic rings. The standard InChI is InChI=1S/C11H11N5OS/c12-5-8-7-3-1-2-4-9(7)18-11(8)15-10(17)6-14-16-13/h1-4,6H2,(H,15,17). The minimum atomic E-state index is -0.386. The lowest BCUT2D eigenvalue weighted by Crippen LogP contribution is -2.14. The van der Waals surface area contributed by atoms with Gasteiger partial charge in [-0.2, -0.15) is 5.26 Å². The molecule has 0 saturated heterocycles. The van der Waals surface area contributed by atoms with Crippen LogP contribution in [-0.2, 0) is 17.6 Å². The lowest BCUT2D eigenvalue weighted by Gasteiger charge is -2.09. The van der Waals surface area contributed by atoms with Crippen LogP contribution in [0, 0.1) is 11.3 Å². The minimum Gasteiger partial charge on any atom is -0.316 e. The number of nitrogens with zero attached hydrogens (tertiary/aromatic N) is 4. The molecule has 1 aliphatic carbocycles. The number of carbonyl (C=O) groups excluding carboxylic acids is 1. The average Bonchev–Trinajstić information content (AvgIpc) is 2.73. The Morgan fingerprint density at radius 3 is 3.06 bits per heavy atom. The number of nitriles is 1. The first kappa shape index (κ1) is 12.4. The monoisotopic (exact) mass is 261 g/mol. The van der Waals surface area contributed by atoms with E-state index in [1.807, 2.05) is 0 Å². The van der Waals surface area contributed by atoms with E-state index in [9.17, 15) is 10.1 Å². The number of thiophene rings is 1. The highest BCUT2D eigenvalue weighted by Gasteiger charge is 2.21. The molecule has 0 saturated carbocycles. The third-order valence-electron chi connectivity index (χ3n) is 2.81. The molecule has 18 heavy (non-hydrogen) atoms. The third-order valence-corrected chi connectivity index (χ3v) is 4.02. The van der Waals surface area contributed by atoms with Crippen molar-refractivity contribution in [1.29, 1.82) is 5.26 Å². The minimum absolute atomic E-state index is 0.246. The molecule has 0 atom stereocenters. The summed E-state index contributed by atoms with van der Waals surface area (Å²) in [5.41, 5.74) is 9.79. The summed E-state index contributed by atoms with van der Waals surface area (Å²) in [6.07, 6.45) is 4.09. The zero-order valence-electron chi connectivity index (χ0n) is 9.64. The summed E-state index contributed by atoms with van der Waals surface area (Å²) in [5.74, 6) is -0.386. The van der Waals surface area contributed by atoms with Crippen LogP contribution in [0.1, 0.15) is 28.8 Å². The van der Waals surface area contributed by atoms with Crippen LogP contribution in [0.2, 0.25) is 0 Å². The first-order valence-corrected chi connectivity index (χ1v) is 6.43. The van der Waals surface area contributed by atoms with Crippen molar-refractivity contribution in [2.24, 2.45) is 5.11 Å². The highest BCUT2D eigenvalue weighted by Crippen LogP contribution is 2.37. The SMILES string of the molecule is N#Cc1c(NC(=O)CN=[N+]=[N-])sc2c1CCCC2. The molecule has 6 nitrogen and oxygen atoms in total. The van der Waals surface area contributed by atoms with E-state index in [2.05, 4.69) is 21.4 Å². The summed E-state index contributed by atoms with van der Waals surface area (Å²) < 4.78 is 0. The highest BCUT2D eigenvalue weighted by molar-refractivity contribution is 7.16. The summed E-state index contributed by atoms with van der Waals surface area (Å²) in [5, 5.41) is 15.6. The van der Waals surface area contributed by atoms with Gasteiger partial charge in [-0.15, -0.1) is 11.3 Å². The van der Waals surface area contributed by atoms with Gasteiger partial charge in [0.2, 0.25) is 5.91 Å². The Hall–Kier alpha value is -2.03. The molecule has 0 bridgehead atoms. The normalized spacial score (nSPS) is 13.1. The Labute approximate surface area is 108 Å². The van der Waals surface area contributed by atoms with E-state index in [4.69, 9.17) is 5.53 Å². The van der Waals surface area contributed by atoms with Crippen molar-refractivity contribution in [2.45, 2.75) is 25.7 Å². The van der Waals surface area contributed by atoms with Crippen LogP contribution >= 0.6 is 11.3 Å². The van der Waals surface area contributed by atoms with Crippen LogP contribution in [-0.4, -0.2) is 12.5 Å². The second-order valence-corrected chi connectivity index (χ2v) is 5.07. The molecule has 92 valence electrons. The molecule has 1 aromatic heterocycles. The van der Waals surface area contributed by atoms with Crippen molar-refractivity contribution >= 4 is 22.2 Å². The summed E-state index contributed by atoms with van der Waals surface area (Å²) in [6, 6.07) is 2.16. The van der Waals surface area contributed by atoms with Crippen LogP contribution in [0.4, 0.5) is 5.00 Å². The molecular formula is C11H11N5OS. The lowest BCUT2D eigenvalue weighted by molar-refractivity contribution is -0.114. The first-order valence-electron chi connectivity index (χ1n) is 5.61. The van der Waals surface area contributed by atoms with Gasteiger partial charge in [-0.1, -0.05) is 5.11 Å². The number of nitrogens with one attached hydrogen (secondary N) is 1. The van der Waals surface area contributed by atoms with Gasteiger partial charge in [0.1, 0.15) is 17.6 Å². The van der Waals surface area contributed by atoms with Crippen LogP contribution < -0.4 is 5.32 Å². The second-order valence-electron chi connectivity index (χ2n) is 3.96. The van der Waals surface area contributed by atoms with Crippen molar-refractivity contribution in [3.63, 3.8) is 0 Å². The van der Waals surface area contributed by atoms with Crippen LogP contribution in [0.25, 0.3) is 10.4 Å². The van der Waals surface area contributed by atoms with E-state index < -0.39 is 0 Å². The van der Waals surface area contributed by atoms with E-state index >= 15 is 0 Å². The number of anilines is 1. The maximum Gasteiger partial charge on any atom is 0.230 e.